The Morgan fingerprint density at radius 2 is 1.95 bits per heavy atom. The molecule has 0 aliphatic rings. The Hall–Kier alpha value is -1.96. The summed E-state index contributed by atoms with van der Waals surface area (Å²) in [7, 11) is 0. The zero-order valence-corrected chi connectivity index (χ0v) is 12.5. The molecule has 0 spiro atoms. The summed E-state index contributed by atoms with van der Waals surface area (Å²) in [5.41, 5.74) is 1.60. The standard InChI is InChI=1S/C14H10IN3O2/c15-10-1-2-12(19)11(8-10)14-17-13(18-20-14)7-9-3-5-16-6-4-9/h1-6,8,19H,7H2. The number of hydrogen-bond acceptors (Lipinski definition) is 5. The topological polar surface area (TPSA) is 72.0 Å². The van der Waals surface area contributed by atoms with Crippen LogP contribution in [0.3, 0.4) is 0 Å². The van der Waals surface area contributed by atoms with E-state index in [1.165, 1.54) is 0 Å². The molecule has 20 heavy (non-hydrogen) atoms. The summed E-state index contributed by atoms with van der Waals surface area (Å²) in [5, 5.41) is 13.8. The monoisotopic (exact) mass is 379 g/mol. The van der Waals surface area contributed by atoms with Crippen LogP contribution in [0.4, 0.5) is 0 Å². The summed E-state index contributed by atoms with van der Waals surface area (Å²) in [5.74, 6) is 1.03. The number of hydrogen-bond donors (Lipinski definition) is 1. The molecule has 3 rings (SSSR count). The second kappa shape index (κ2) is 5.58. The fourth-order valence-corrected chi connectivity index (χ4v) is 2.29. The van der Waals surface area contributed by atoms with E-state index in [4.69, 9.17) is 4.52 Å². The SMILES string of the molecule is Oc1ccc(I)cc1-c1nc(Cc2ccncc2)no1. The van der Waals surface area contributed by atoms with E-state index < -0.39 is 0 Å². The third-order valence-electron chi connectivity index (χ3n) is 2.77. The molecule has 100 valence electrons. The Labute approximate surface area is 128 Å². The van der Waals surface area contributed by atoms with Crippen molar-refractivity contribution >= 4 is 22.6 Å². The molecule has 5 nitrogen and oxygen atoms in total. The molecule has 2 aromatic heterocycles. The fourth-order valence-electron chi connectivity index (χ4n) is 1.80. The van der Waals surface area contributed by atoms with Crippen LogP contribution in [0.25, 0.3) is 11.5 Å². The van der Waals surface area contributed by atoms with Gasteiger partial charge in [0.05, 0.1) is 5.56 Å². The van der Waals surface area contributed by atoms with E-state index in [0.717, 1.165) is 9.13 Å². The summed E-state index contributed by atoms with van der Waals surface area (Å²) < 4.78 is 6.21. The Kier molecular flexibility index (Phi) is 3.64. The Balaban J connectivity index is 1.88. The maximum atomic E-state index is 9.85. The first-order valence-corrected chi connectivity index (χ1v) is 7.00. The van der Waals surface area contributed by atoms with Gasteiger partial charge >= 0.3 is 0 Å². The lowest BCUT2D eigenvalue weighted by Crippen LogP contribution is -1.91. The highest BCUT2D eigenvalue weighted by atomic mass is 127. The van der Waals surface area contributed by atoms with Crippen LogP contribution in [-0.2, 0) is 6.42 Å². The lowest BCUT2D eigenvalue weighted by Gasteiger charge is -1.99. The van der Waals surface area contributed by atoms with Gasteiger partial charge in [-0.25, -0.2) is 0 Å². The van der Waals surface area contributed by atoms with Gasteiger partial charge in [-0.2, -0.15) is 4.98 Å². The molecular formula is C14H10IN3O2. The third kappa shape index (κ3) is 2.79. The fraction of sp³-hybridized carbons (Fsp3) is 0.0714. The first kappa shape index (κ1) is 13.0. The highest BCUT2D eigenvalue weighted by Crippen LogP contribution is 2.29. The predicted octanol–water partition coefficient (Wildman–Crippen LogP) is 3.03. The highest BCUT2D eigenvalue weighted by Gasteiger charge is 2.13. The molecule has 1 aromatic carbocycles. The number of phenolic OH excluding ortho intramolecular Hbond substituents is 1. The number of nitrogens with zero attached hydrogens (tertiary/aromatic N) is 3. The van der Waals surface area contributed by atoms with Crippen molar-refractivity contribution in [3.8, 4) is 17.2 Å². The van der Waals surface area contributed by atoms with E-state index >= 15 is 0 Å². The molecule has 0 bridgehead atoms. The molecule has 0 aliphatic carbocycles. The molecule has 0 amide bonds. The minimum atomic E-state index is 0.129. The largest absolute Gasteiger partial charge is 0.507 e. The lowest BCUT2D eigenvalue weighted by molar-refractivity contribution is 0.418. The zero-order valence-electron chi connectivity index (χ0n) is 10.3. The van der Waals surface area contributed by atoms with Crippen molar-refractivity contribution in [1.29, 1.82) is 0 Å². The van der Waals surface area contributed by atoms with Crippen LogP contribution in [0.5, 0.6) is 5.75 Å². The smallest absolute Gasteiger partial charge is 0.261 e. The van der Waals surface area contributed by atoms with Crippen LogP contribution >= 0.6 is 22.6 Å². The summed E-state index contributed by atoms with van der Waals surface area (Å²) in [6, 6.07) is 9.04. The molecule has 3 aromatic rings. The van der Waals surface area contributed by atoms with Gasteiger partial charge < -0.3 is 9.63 Å². The number of rotatable bonds is 3. The molecule has 0 radical (unpaired) electrons. The van der Waals surface area contributed by atoms with Gasteiger partial charge in [0.1, 0.15) is 5.75 Å². The van der Waals surface area contributed by atoms with Crippen molar-refractivity contribution in [2.75, 3.05) is 0 Å². The van der Waals surface area contributed by atoms with Crippen LogP contribution in [0.2, 0.25) is 0 Å². The molecule has 0 saturated carbocycles. The Bertz CT molecular complexity index is 728. The summed E-state index contributed by atoms with van der Waals surface area (Å²) in [6.07, 6.45) is 4.01. The predicted molar refractivity (Wildman–Crippen MR) is 81.2 cm³/mol. The molecule has 0 saturated heterocycles. The first-order valence-electron chi connectivity index (χ1n) is 5.93. The number of aromatic hydroxyl groups is 1. The van der Waals surface area contributed by atoms with E-state index in [0.29, 0.717) is 23.7 Å². The van der Waals surface area contributed by atoms with Gasteiger partial charge in [-0.15, -0.1) is 0 Å². The van der Waals surface area contributed by atoms with E-state index in [9.17, 15) is 5.11 Å². The lowest BCUT2D eigenvalue weighted by atomic mass is 10.2. The van der Waals surface area contributed by atoms with Crippen molar-refractivity contribution in [3.05, 3.63) is 57.7 Å². The molecule has 0 aliphatic heterocycles. The number of pyridine rings is 1. The average molecular weight is 379 g/mol. The van der Waals surface area contributed by atoms with Crippen LogP contribution in [0.15, 0.2) is 47.2 Å². The molecular weight excluding hydrogens is 369 g/mol. The maximum absolute atomic E-state index is 9.85. The summed E-state index contributed by atoms with van der Waals surface area (Å²) in [4.78, 5) is 8.28. The Morgan fingerprint density at radius 1 is 1.15 bits per heavy atom. The normalized spacial score (nSPS) is 10.7. The molecule has 6 heteroatoms. The number of aromatic nitrogens is 3. The van der Waals surface area contributed by atoms with Gasteiger partial charge in [0.25, 0.3) is 5.89 Å². The zero-order chi connectivity index (χ0) is 13.9. The number of phenols is 1. The van der Waals surface area contributed by atoms with Gasteiger partial charge in [0, 0.05) is 22.4 Å². The van der Waals surface area contributed by atoms with Gasteiger partial charge in [0.15, 0.2) is 5.82 Å². The van der Waals surface area contributed by atoms with Gasteiger partial charge in [-0.1, -0.05) is 5.16 Å². The quantitative estimate of drug-likeness (QED) is 0.709. The average Bonchev–Trinajstić information content (AvgIpc) is 2.91. The van der Waals surface area contributed by atoms with E-state index in [-0.39, 0.29) is 5.75 Å². The van der Waals surface area contributed by atoms with E-state index in [2.05, 4.69) is 37.7 Å². The summed E-state index contributed by atoms with van der Waals surface area (Å²) >= 11 is 2.17. The third-order valence-corrected chi connectivity index (χ3v) is 3.44. The van der Waals surface area contributed by atoms with Crippen LogP contribution in [-0.4, -0.2) is 20.2 Å². The van der Waals surface area contributed by atoms with Crippen LogP contribution in [0, 0.1) is 3.57 Å². The summed E-state index contributed by atoms with van der Waals surface area (Å²) in [6.45, 7) is 0. The highest BCUT2D eigenvalue weighted by molar-refractivity contribution is 14.1. The van der Waals surface area contributed by atoms with Gasteiger partial charge in [-0.05, 0) is 58.5 Å². The van der Waals surface area contributed by atoms with Crippen LogP contribution in [0.1, 0.15) is 11.4 Å². The van der Waals surface area contributed by atoms with E-state index in [1.807, 2.05) is 18.2 Å². The van der Waals surface area contributed by atoms with E-state index in [1.54, 1.807) is 24.5 Å². The second-order valence-electron chi connectivity index (χ2n) is 4.21. The second-order valence-corrected chi connectivity index (χ2v) is 5.46. The van der Waals surface area contributed by atoms with Gasteiger partial charge in [0.2, 0.25) is 0 Å². The molecule has 0 unspecified atom stereocenters. The molecule has 0 fully saturated rings. The van der Waals surface area contributed by atoms with Crippen molar-refractivity contribution in [2.45, 2.75) is 6.42 Å². The van der Waals surface area contributed by atoms with Crippen molar-refractivity contribution in [3.63, 3.8) is 0 Å². The molecule has 1 N–H and O–H groups in total. The molecule has 2 heterocycles. The minimum Gasteiger partial charge on any atom is -0.507 e. The maximum Gasteiger partial charge on any atom is 0.261 e. The number of benzene rings is 1. The molecule has 0 atom stereocenters. The van der Waals surface area contributed by atoms with Crippen molar-refractivity contribution < 1.29 is 9.63 Å². The first-order chi connectivity index (χ1) is 9.72. The minimum absolute atomic E-state index is 0.129. The Morgan fingerprint density at radius 3 is 2.75 bits per heavy atom. The number of halogens is 1. The van der Waals surface area contributed by atoms with Crippen molar-refractivity contribution in [1.82, 2.24) is 15.1 Å². The van der Waals surface area contributed by atoms with Crippen LogP contribution < -0.4 is 0 Å². The van der Waals surface area contributed by atoms with Gasteiger partial charge in [-0.3, -0.25) is 4.98 Å². The van der Waals surface area contributed by atoms with Crippen molar-refractivity contribution in [2.24, 2.45) is 0 Å².